The van der Waals surface area contributed by atoms with Crippen molar-refractivity contribution in [1.29, 1.82) is 0 Å². The minimum Gasteiger partial charge on any atom is -0.377 e. The molecule has 3 nitrogen and oxygen atoms in total. The van der Waals surface area contributed by atoms with Gasteiger partial charge in [0.15, 0.2) is 0 Å². The van der Waals surface area contributed by atoms with Crippen LogP contribution < -0.4 is 0 Å². The Morgan fingerprint density at radius 1 is 1.18 bits per heavy atom. The fourth-order valence-corrected chi connectivity index (χ4v) is 2.54. The number of hydrogen-bond acceptors (Lipinski definition) is 3. The normalized spacial score (nSPS) is 27.3. The molecule has 0 aromatic rings. The summed E-state index contributed by atoms with van der Waals surface area (Å²) in [6.07, 6.45) is 5.36. The van der Waals surface area contributed by atoms with Crippen LogP contribution in [0.5, 0.6) is 0 Å². The molecule has 2 saturated heterocycles. The molecule has 0 bridgehead atoms. The fraction of sp³-hybridized carbons (Fsp3) is 0.857. The van der Waals surface area contributed by atoms with E-state index in [9.17, 15) is 0 Å². The van der Waals surface area contributed by atoms with E-state index < -0.39 is 0 Å². The zero-order valence-electron chi connectivity index (χ0n) is 11.3. The average Bonchev–Trinajstić information content (AvgIpc) is 2.81. The second-order valence-electron chi connectivity index (χ2n) is 5.52. The van der Waals surface area contributed by atoms with Gasteiger partial charge in [-0.05, 0) is 26.7 Å². The molecule has 2 rings (SSSR count). The molecule has 1 atom stereocenters. The number of ether oxygens (including phenoxy) is 1. The summed E-state index contributed by atoms with van der Waals surface area (Å²) < 4.78 is 5.70. The van der Waals surface area contributed by atoms with Gasteiger partial charge in [-0.15, -0.1) is 0 Å². The average molecular weight is 238 g/mol. The van der Waals surface area contributed by atoms with E-state index in [1.54, 1.807) is 0 Å². The molecule has 0 aliphatic carbocycles. The highest BCUT2D eigenvalue weighted by Gasteiger charge is 2.22. The quantitative estimate of drug-likeness (QED) is 0.694. The third kappa shape index (κ3) is 4.41. The number of nitrogens with zero attached hydrogens (tertiary/aromatic N) is 2. The summed E-state index contributed by atoms with van der Waals surface area (Å²) >= 11 is 0. The molecule has 2 aliphatic heterocycles. The van der Waals surface area contributed by atoms with E-state index in [1.807, 2.05) is 0 Å². The predicted molar refractivity (Wildman–Crippen MR) is 71.3 cm³/mol. The molecule has 0 saturated carbocycles. The number of rotatable bonds is 4. The number of piperazine rings is 1. The molecule has 0 N–H and O–H groups in total. The molecular formula is C14H26N2O. The Labute approximate surface area is 105 Å². The molecular weight excluding hydrogens is 212 g/mol. The lowest BCUT2D eigenvalue weighted by atomic mass is 10.2. The van der Waals surface area contributed by atoms with Crippen LogP contribution in [0.4, 0.5) is 0 Å². The first-order valence-corrected chi connectivity index (χ1v) is 6.94. The smallest absolute Gasteiger partial charge is 0.0702 e. The Hall–Kier alpha value is -0.380. The Morgan fingerprint density at radius 3 is 2.47 bits per heavy atom. The van der Waals surface area contributed by atoms with Crippen molar-refractivity contribution in [3.63, 3.8) is 0 Å². The van der Waals surface area contributed by atoms with Gasteiger partial charge in [0.1, 0.15) is 0 Å². The van der Waals surface area contributed by atoms with Gasteiger partial charge in [-0.3, -0.25) is 9.80 Å². The molecule has 98 valence electrons. The number of allylic oxidation sites excluding steroid dienone is 1. The van der Waals surface area contributed by atoms with Crippen LogP contribution in [0.2, 0.25) is 0 Å². The maximum Gasteiger partial charge on any atom is 0.0702 e. The highest BCUT2D eigenvalue weighted by molar-refractivity contribution is 4.95. The van der Waals surface area contributed by atoms with Gasteiger partial charge in [0.2, 0.25) is 0 Å². The first-order chi connectivity index (χ1) is 8.24. The van der Waals surface area contributed by atoms with Crippen molar-refractivity contribution in [3.05, 3.63) is 11.6 Å². The Balaban J connectivity index is 1.65. The van der Waals surface area contributed by atoms with Gasteiger partial charge >= 0.3 is 0 Å². The molecule has 2 fully saturated rings. The Morgan fingerprint density at radius 2 is 1.88 bits per heavy atom. The fourth-order valence-electron chi connectivity index (χ4n) is 2.54. The summed E-state index contributed by atoms with van der Waals surface area (Å²) in [7, 11) is 0. The van der Waals surface area contributed by atoms with Crippen LogP contribution in [-0.4, -0.2) is 61.8 Å². The van der Waals surface area contributed by atoms with Crippen molar-refractivity contribution in [3.8, 4) is 0 Å². The molecule has 2 heterocycles. The Bertz CT molecular complexity index is 247. The molecule has 17 heavy (non-hydrogen) atoms. The second kappa shape index (κ2) is 6.53. The lowest BCUT2D eigenvalue weighted by Gasteiger charge is -2.35. The molecule has 0 unspecified atom stereocenters. The summed E-state index contributed by atoms with van der Waals surface area (Å²) in [5.74, 6) is 0. The summed E-state index contributed by atoms with van der Waals surface area (Å²) in [6, 6.07) is 0. The minimum atomic E-state index is 0.513. The zero-order chi connectivity index (χ0) is 12.1. The van der Waals surface area contributed by atoms with E-state index in [2.05, 4.69) is 29.7 Å². The van der Waals surface area contributed by atoms with Crippen LogP contribution in [0, 0.1) is 0 Å². The predicted octanol–water partition coefficient (Wildman–Crippen LogP) is 1.75. The first-order valence-electron chi connectivity index (χ1n) is 6.94. The highest BCUT2D eigenvalue weighted by atomic mass is 16.5. The van der Waals surface area contributed by atoms with Crippen LogP contribution in [-0.2, 0) is 4.74 Å². The van der Waals surface area contributed by atoms with Crippen LogP contribution in [0.25, 0.3) is 0 Å². The van der Waals surface area contributed by atoms with Gasteiger partial charge in [0, 0.05) is 45.9 Å². The van der Waals surface area contributed by atoms with E-state index in [0.29, 0.717) is 6.10 Å². The molecule has 3 heteroatoms. The third-order valence-corrected chi connectivity index (χ3v) is 3.71. The Kier molecular flexibility index (Phi) is 5.01. The van der Waals surface area contributed by atoms with E-state index in [4.69, 9.17) is 4.74 Å². The third-order valence-electron chi connectivity index (χ3n) is 3.71. The van der Waals surface area contributed by atoms with Crippen LogP contribution in [0.1, 0.15) is 26.7 Å². The van der Waals surface area contributed by atoms with Gasteiger partial charge in [0.05, 0.1) is 6.10 Å². The topological polar surface area (TPSA) is 15.7 Å². The SMILES string of the molecule is CC(C)=CCN1CCN(C[C@H]2CCCO2)CC1. The van der Waals surface area contributed by atoms with Crippen LogP contribution in [0.15, 0.2) is 11.6 Å². The highest BCUT2D eigenvalue weighted by Crippen LogP contribution is 2.14. The molecule has 0 amide bonds. The van der Waals surface area contributed by atoms with E-state index >= 15 is 0 Å². The van der Waals surface area contributed by atoms with Crippen molar-refractivity contribution in [2.45, 2.75) is 32.8 Å². The van der Waals surface area contributed by atoms with Crippen molar-refractivity contribution in [2.24, 2.45) is 0 Å². The van der Waals surface area contributed by atoms with Crippen molar-refractivity contribution >= 4 is 0 Å². The second-order valence-corrected chi connectivity index (χ2v) is 5.52. The lowest BCUT2D eigenvalue weighted by molar-refractivity contribution is 0.0526. The molecule has 2 aliphatic rings. The molecule has 0 radical (unpaired) electrons. The summed E-state index contributed by atoms with van der Waals surface area (Å²) in [6.45, 7) is 12.4. The largest absolute Gasteiger partial charge is 0.377 e. The van der Waals surface area contributed by atoms with Gasteiger partial charge in [-0.2, -0.15) is 0 Å². The maximum atomic E-state index is 5.70. The molecule has 0 spiro atoms. The lowest BCUT2D eigenvalue weighted by Crippen LogP contribution is -2.48. The standard InChI is InChI=1S/C14H26N2O/c1-13(2)5-6-15-7-9-16(10-8-15)12-14-4-3-11-17-14/h5,14H,3-4,6-12H2,1-2H3/t14-/m1/s1. The van der Waals surface area contributed by atoms with Crippen LogP contribution >= 0.6 is 0 Å². The minimum absolute atomic E-state index is 0.513. The molecule has 0 aromatic heterocycles. The molecule has 0 aromatic carbocycles. The van der Waals surface area contributed by atoms with Gasteiger partial charge in [-0.1, -0.05) is 11.6 Å². The zero-order valence-corrected chi connectivity index (χ0v) is 11.3. The van der Waals surface area contributed by atoms with E-state index in [-0.39, 0.29) is 0 Å². The van der Waals surface area contributed by atoms with Gasteiger partial charge < -0.3 is 4.74 Å². The monoisotopic (exact) mass is 238 g/mol. The van der Waals surface area contributed by atoms with Gasteiger partial charge in [-0.25, -0.2) is 0 Å². The summed E-state index contributed by atoms with van der Waals surface area (Å²) in [4.78, 5) is 5.11. The van der Waals surface area contributed by atoms with E-state index in [0.717, 1.165) is 19.7 Å². The van der Waals surface area contributed by atoms with Gasteiger partial charge in [0.25, 0.3) is 0 Å². The summed E-state index contributed by atoms with van der Waals surface area (Å²) in [5, 5.41) is 0. The van der Waals surface area contributed by atoms with E-state index in [1.165, 1.54) is 44.6 Å². The number of hydrogen-bond donors (Lipinski definition) is 0. The van der Waals surface area contributed by atoms with Crippen molar-refractivity contribution in [2.75, 3.05) is 45.9 Å². The van der Waals surface area contributed by atoms with Crippen molar-refractivity contribution in [1.82, 2.24) is 9.80 Å². The van der Waals surface area contributed by atoms with Crippen LogP contribution in [0.3, 0.4) is 0 Å². The van der Waals surface area contributed by atoms with Crippen molar-refractivity contribution < 1.29 is 4.74 Å². The first kappa shape index (κ1) is 13.1. The summed E-state index contributed by atoms with van der Waals surface area (Å²) in [5.41, 5.74) is 1.42. The maximum absolute atomic E-state index is 5.70.